The SMILES string of the molecule is O=C(O)c1cccc(CSc2cnccn2)n1. The molecule has 5 nitrogen and oxygen atoms in total. The highest BCUT2D eigenvalue weighted by molar-refractivity contribution is 7.98. The number of aromatic nitrogens is 3. The van der Waals surface area contributed by atoms with Crippen molar-refractivity contribution in [2.75, 3.05) is 0 Å². The third-order valence-electron chi connectivity index (χ3n) is 1.93. The van der Waals surface area contributed by atoms with Crippen molar-refractivity contribution in [2.45, 2.75) is 10.8 Å². The topological polar surface area (TPSA) is 76.0 Å². The van der Waals surface area contributed by atoms with E-state index in [2.05, 4.69) is 15.0 Å². The van der Waals surface area contributed by atoms with Gasteiger partial charge in [0.25, 0.3) is 0 Å². The molecular formula is C11H9N3O2S. The van der Waals surface area contributed by atoms with Gasteiger partial charge in [0.15, 0.2) is 0 Å². The lowest BCUT2D eigenvalue weighted by atomic mass is 10.3. The third kappa shape index (κ3) is 3.25. The first-order valence-corrected chi connectivity index (χ1v) is 5.82. The second-order valence-corrected chi connectivity index (χ2v) is 4.15. The van der Waals surface area contributed by atoms with Crippen molar-refractivity contribution in [1.82, 2.24) is 15.0 Å². The van der Waals surface area contributed by atoms with E-state index in [0.717, 1.165) is 5.03 Å². The van der Waals surface area contributed by atoms with Crippen LogP contribution in [-0.4, -0.2) is 26.0 Å². The highest BCUT2D eigenvalue weighted by atomic mass is 32.2. The number of hydrogen-bond acceptors (Lipinski definition) is 5. The van der Waals surface area contributed by atoms with Crippen molar-refractivity contribution < 1.29 is 9.90 Å². The van der Waals surface area contributed by atoms with Crippen LogP contribution in [0.3, 0.4) is 0 Å². The van der Waals surface area contributed by atoms with Gasteiger partial charge < -0.3 is 5.11 Å². The Labute approximate surface area is 102 Å². The van der Waals surface area contributed by atoms with Gasteiger partial charge in [0.2, 0.25) is 0 Å². The Morgan fingerprint density at radius 2 is 2.24 bits per heavy atom. The Kier molecular flexibility index (Phi) is 3.66. The van der Waals surface area contributed by atoms with Gasteiger partial charge in [0.1, 0.15) is 10.7 Å². The molecule has 0 aliphatic carbocycles. The van der Waals surface area contributed by atoms with Gasteiger partial charge in [-0.2, -0.15) is 0 Å². The summed E-state index contributed by atoms with van der Waals surface area (Å²) in [6, 6.07) is 4.94. The van der Waals surface area contributed by atoms with Crippen LogP contribution in [0.4, 0.5) is 0 Å². The first-order valence-electron chi connectivity index (χ1n) is 4.84. The molecule has 0 atom stereocenters. The van der Waals surface area contributed by atoms with Crippen LogP contribution in [0.5, 0.6) is 0 Å². The quantitative estimate of drug-likeness (QED) is 0.831. The third-order valence-corrected chi connectivity index (χ3v) is 2.88. The number of nitrogens with zero attached hydrogens (tertiary/aromatic N) is 3. The molecule has 0 spiro atoms. The second-order valence-electron chi connectivity index (χ2n) is 3.15. The zero-order chi connectivity index (χ0) is 12.1. The Morgan fingerprint density at radius 3 is 2.94 bits per heavy atom. The van der Waals surface area contributed by atoms with Gasteiger partial charge in [-0.3, -0.25) is 4.98 Å². The average molecular weight is 247 g/mol. The molecular weight excluding hydrogens is 238 g/mol. The van der Waals surface area contributed by atoms with Crippen molar-refractivity contribution >= 4 is 17.7 Å². The lowest BCUT2D eigenvalue weighted by molar-refractivity contribution is 0.0690. The molecule has 0 aromatic carbocycles. The summed E-state index contributed by atoms with van der Waals surface area (Å²) in [6.07, 6.45) is 4.88. The summed E-state index contributed by atoms with van der Waals surface area (Å²) in [7, 11) is 0. The summed E-state index contributed by atoms with van der Waals surface area (Å²) in [5.74, 6) is -0.448. The largest absolute Gasteiger partial charge is 0.477 e. The number of carboxylic acid groups (broad SMARTS) is 1. The lowest BCUT2D eigenvalue weighted by Gasteiger charge is -2.01. The minimum absolute atomic E-state index is 0.0576. The lowest BCUT2D eigenvalue weighted by Crippen LogP contribution is -2.01. The van der Waals surface area contributed by atoms with Crippen molar-refractivity contribution in [2.24, 2.45) is 0 Å². The van der Waals surface area contributed by atoms with E-state index < -0.39 is 5.97 Å². The van der Waals surface area contributed by atoms with Gasteiger partial charge in [-0.25, -0.2) is 14.8 Å². The molecule has 86 valence electrons. The highest BCUT2D eigenvalue weighted by Gasteiger charge is 2.05. The fourth-order valence-corrected chi connectivity index (χ4v) is 1.91. The Hall–Kier alpha value is -1.95. The standard InChI is InChI=1S/C11H9N3O2S/c15-11(16)9-3-1-2-8(14-9)7-17-10-6-12-4-5-13-10/h1-6H,7H2,(H,15,16). The van der Waals surface area contributed by atoms with Gasteiger partial charge in [-0.05, 0) is 12.1 Å². The molecule has 0 fully saturated rings. The number of aromatic carboxylic acids is 1. The minimum atomic E-state index is -1.02. The maximum Gasteiger partial charge on any atom is 0.354 e. The summed E-state index contributed by atoms with van der Waals surface area (Å²) in [5, 5.41) is 9.59. The molecule has 1 N–H and O–H groups in total. The van der Waals surface area contributed by atoms with E-state index in [-0.39, 0.29) is 5.69 Å². The van der Waals surface area contributed by atoms with Gasteiger partial charge in [0, 0.05) is 18.1 Å². The molecule has 0 aliphatic rings. The average Bonchev–Trinajstić information content (AvgIpc) is 2.38. The van der Waals surface area contributed by atoms with E-state index >= 15 is 0 Å². The Bertz CT molecular complexity index is 519. The van der Waals surface area contributed by atoms with Gasteiger partial charge in [-0.1, -0.05) is 17.8 Å². The molecule has 0 saturated heterocycles. The molecule has 0 bridgehead atoms. The molecule has 0 aliphatic heterocycles. The monoisotopic (exact) mass is 247 g/mol. The minimum Gasteiger partial charge on any atom is -0.477 e. The van der Waals surface area contributed by atoms with Crippen molar-refractivity contribution in [3.8, 4) is 0 Å². The highest BCUT2D eigenvalue weighted by Crippen LogP contribution is 2.18. The predicted molar refractivity (Wildman–Crippen MR) is 62.8 cm³/mol. The van der Waals surface area contributed by atoms with Gasteiger partial charge >= 0.3 is 5.97 Å². The molecule has 2 heterocycles. The first-order chi connectivity index (χ1) is 8.25. The molecule has 0 radical (unpaired) electrons. The summed E-state index contributed by atoms with van der Waals surface area (Å²) in [5.41, 5.74) is 0.766. The number of thioether (sulfide) groups is 1. The van der Waals surface area contributed by atoms with Crippen LogP contribution in [0.15, 0.2) is 41.8 Å². The zero-order valence-electron chi connectivity index (χ0n) is 8.78. The predicted octanol–water partition coefficient (Wildman–Crippen LogP) is 1.86. The van der Waals surface area contributed by atoms with Crippen LogP contribution >= 0.6 is 11.8 Å². The van der Waals surface area contributed by atoms with Gasteiger partial charge in [-0.15, -0.1) is 0 Å². The van der Waals surface area contributed by atoms with Crippen molar-refractivity contribution in [1.29, 1.82) is 0 Å². The zero-order valence-corrected chi connectivity index (χ0v) is 9.59. The number of hydrogen-bond donors (Lipinski definition) is 1. The van der Waals surface area contributed by atoms with Crippen LogP contribution in [0.1, 0.15) is 16.2 Å². The van der Waals surface area contributed by atoms with Crippen LogP contribution in [0.25, 0.3) is 0 Å². The van der Waals surface area contributed by atoms with E-state index in [1.54, 1.807) is 30.7 Å². The van der Waals surface area contributed by atoms with E-state index in [9.17, 15) is 4.79 Å². The molecule has 2 aromatic rings. The molecule has 2 aromatic heterocycles. The maximum atomic E-state index is 10.7. The Balaban J connectivity index is 2.04. The molecule has 0 unspecified atom stereocenters. The summed E-state index contributed by atoms with van der Waals surface area (Å²) >= 11 is 1.46. The molecule has 6 heteroatoms. The van der Waals surface area contributed by atoms with Crippen LogP contribution in [-0.2, 0) is 5.75 Å². The molecule has 2 rings (SSSR count). The summed E-state index contributed by atoms with van der Waals surface area (Å²) in [4.78, 5) is 22.8. The van der Waals surface area contributed by atoms with Gasteiger partial charge in [0.05, 0.1) is 11.9 Å². The second kappa shape index (κ2) is 5.40. The number of carbonyl (C=O) groups is 1. The van der Waals surface area contributed by atoms with Crippen LogP contribution in [0.2, 0.25) is 0 Å². The van der Waals surface area contributed by atoms with E-state index in [1.165, 1.54) is 17.8 Å². The number of rotatable bonds is 4. The molecule has 0 saturated carbocycles. The summed E-state index contributed by atoms with van der Waals surface area (Å²) in [6.45, 7) is 0. The van der Waals surface area contributed by atoms with E-state index in [1.807, 2.05) is 0 Å². The summed E-state index contributed by atoms with van der Waals surface area (Å²) < 4.78 is 0. The number of pyridine rings is 1. The van der Waals surface area contributed by atoms with E-state index in [0.29, 0.717) is 11.4 Å². The van der Waals surface area contributed by atoms with Crippen LogP contribution < -0.4 is 0 Å². The smallest absolute Gasteiger partial charge is 0.354 e. The maximum absolute atomic E-state index is 10.7. The number of carboxylic acids is 1. The van der Waals surface area contributed by atoms with E-state index in [4.69, 9.17) is 5.11 Å². The van der Waals surface area contributed by atoms with Crippen molar-refractivity contribution in [3.05, 3.63) is 48.2 Å². The van der Waals surface area contributed by atoms with Crippen molar-refractivity contribution in [3.63, 3.8) is 0 Å². The Morgan fingerprint density at radius 1 is 1.35 bits per heavy atom. The fourth-order valence-electron chi connectivity index (χ4n) is 1.19. The fraction of sp³-hybridized carbons (Fsp3) is 0.0909. The van der Waals surface area contributed by atoms with Crippen LogP contribution in [0, 0.1) is 0 Å². The molecule has 0 amide bonds. The normalized spacial score (nSPS) is 10.1. The molecule has 17 heavy (non-hydrogen) atoms. The first kappa shape index (κ1) is 11.5.